The topological polar surface area (TPSA) is 37.3 Å². The summed E-state index contributed by atoms with van der Waals surface area (Å²) >= 11 is 0. The van der Waals surface area contributed by atoms with Crippen molar-refractivity contribution < 1.29 is 9.90 Å². The molecule has 1 saturated carbocycles. The van der Waals surface area contributed by atoms with E-state index in [4.69, 9.17) is 0 Å². The van der Waals surface area contributed by atoms with Gasteiger partial charge in [0.05, 0.1) is 5.41 Å². The van der Waals surface area contributed by atoms with E-state index in [9.17, 15) is 9.90 Å². The summed E-state index contributed by atoms with van der Waals surface area (Å²) in [6.07, 6.45) is 1.55. The Labute approximate surface area is 96.3 Å². The lowest BCUT2D eigenvalue weighted by Crippen LogP contribution is -2.25. The molecule has 0 saturated heterocycles. The zero-order valence-corrected chi connectivity index (χ0v) is 10.1. The number of hydrogen-bond donors (Lipinski definition) is 1. The Morgan fingerprint density at radius 2 is 1.81 bits per heavy atom. The molecular weight excluding hydrogens is 200 g/mol. The Morgan fingerprint density at radius 3 is 2.25 bits per heavy atom. The summed E-state index contributed by atoms with van der Waals surface area (Å²) in [5.74, 6) is -0.677. The Bertz CT molecular complexity index is 423. The molecule has 0 amide bonds. The Morgan fingerprint density at radius 1 is 1.25 bits per heavy atom. The van der Waals surface area contributed by atoms with E-state index in [1.807, 2.05) is 18.2 Å². The predicted molar refractivity (Wildman–Crippen MR) is 63.7 cm³/mol. The zero-order valence-electron chi connectivity index (χ0n) is 10.1. The molecular formula is C14H18O2. The van der Waals surface area contributed by atoms with Crippen LogP contribution in [0.3, 0.4) is 0 Å². The summed E-state index contributed by atoms with van der Waals surface area (Å²) in [5, 5.41) is 9.35. The molecule has 2 nitrogen and oxygen atoms in total. The van der Waals surface area contributed by atoms with Gasteiger partial charge in [0, 0.05) is 0 Å². The fourth-order valence-electron chi connectivity index (χ4n) is 2.28. The fourth-order valence-corrected chi connectivity index (χ4v) is 2.28. The van der Waals surface area contributed by atoms with Gasteiger partial charge in [-0.2, -0.15) is 0 Å². The highest BCUT2D eigenvalue weighted by Crippen LogP contribution is 2.51. The number of hydrogen-bond acceptors (Lipinski definition) is 1. The molecule has 0 spiro atoms. The van der Waals surface area contributed by atoms with E-state index in [-0.39, 0.29) is 5.41 Å². The monoisotopic (exact) mass is 218 g/mol. The van der Waals surface area contributed by atoms with Crippen molar-refractivity contribution in [3.8, 4) is 0 Å². The molecule has 0 unspecified atom stereocenters. The lowest BCUT2D eigenvalue weighted by Gasteiger charge is -2.25. The van der Waals surface area contributed by atoms with E-state index < -0.39 is 11.4 Å². The highest BCUT2D eigenvalue weighted by atomic mass is 16.4. The zero-order chi connectivity index (χ0) is 12.0. The van der Waals surface area contributed by atoms with Crippen LogP contribution >= 0.6 is 0 Å². The predicted octanol–water partition coefficient (Wildman–Crippen LogP) is 3.10. The third-order valence-electron chi connectivity index (χ3n) is 3.41. The third kappa shape index (κ3) is 1.62. The molecule has 0 atom stereocenters. The molecule has 2 rings (SSSR count). The summed E-state index contributed by atoms with van der Waals surface area (Å²) in [5.41, 5.74) is 1.58. The van der Waals surface area contributed by atoms with Gasteiger partial charge in [0.25, 0.3) is 0 Å². The molecule has 1 aromatic rings. The number of carboxylic acid groups (broad SMARTS) is 1. The maximum Gasteiger partial charge on any atom is 0.314 e. The standard InChI is InChI=1S/C14H18O2/c1-13(2,3)10-6-4-5-7-11(10)14(8-9-14)12(15)16/h4-7H,8-9H2,1-3H3,(H,15,16). The van der Waals surface area contributed by atoms with Crippen LogP contribution < -0.4 is 0 Å². The minimum atomic E-state index is -0.677. The van der Waals surface area contributed by atoms with Gasteiger partial charge in [-0.3, -0.25) is 4.79 Å². The second kappa shape index (κ2) is 3.34. The molecule has 1 N–H and O–H groups in total. The highest BCUT2D eigenvalue weighted by molar-refractivity contribution is 5.85. The van der Waals surface area contributed by atoms with E-state index in [1.54, 1.807) is 0 Å². The van der Waals surface area contributed by atoms with Gasteiger partial charge in [0.1, 0.15) is 0 Å². The van der Waals surface area contributed by atoms with E-state index in [0.717, 1.165) is 24.0 Å². The Hall–Kier alpha value is -1.31. The minimum absolute atomic E-state index is 0.00162. The second-order valence-electron chi connectivity index (χ2n) is 5.68. The maximum absolute atomic E-state index is 11.4. The van der Waals surface area contributed by atoms with Crippen molar-refractivity contribution in [1.82, 2.24) is 0 Å². The smallest absolute Gasteiger partial charge is 0.314 e. The second-order valence-corrected chi connectivity index (χ2v) is 5.68. The van der Waals surface area contributed by atoms with Gasteiger partial charge in [0.2, 0.25) is 0 Å². The van der Waals surface area contributed by atoms with Gasteiger partial charge in [-0.05, 0) is 29.4 Å². The summed E-state index contributed by atoms with van der Waals surface area (Å²) in [7, 11) is 0. The van der Waals surface area contributed by atoms with E-state index >= 15 is 0 Å². The van der Waals surface area contributed by atoms with Crippen LogP contribution in [0.5, 0.6) is 0 Å². The van der Waals surface area contributed by atoms with Crippen LogP contribution in [0.1, 0.15) is 44.7 Å². The van der Waals surface area contributed by atoms with Crippen molar-refractivity contribution >= 4 is 5.97 Å². The van der Waals surface area contributed by atoms with Gasteiger partial charge < -0.3 is 5.11 Å². The molecule has 0 aromatic heterocycles. The van der Waals surface area contributed by atoms with Crippen LogP contribution in [0.4, 0.5) is 0 Å². The number of rotatable bonds is 2. The largest absolute Gasteiger partial charge is 0.481 e. The van der Waals surface area contributed by atoms with Gasteiger partial charge in [-0.25, -0.2) is 0 Å². The lowest BCUT2D eigenvalue weighted by molar-refractivity contribution is -0.140. The average Bonchev–Trinajstić information content (AvgIpc) is 2.97. The first-order valence-electron chi connectivity index (χ1n) is 5.71. The lowest BCUT2D eigenvalue weighted by atomic mass is 9.79. The quantitative estimate of drug-likeness (QED) is 0.828. The van der Waals surface area contributed by atoms with E-state index in [1.165, 1.54) is 0 Å². The van der Waals surface area contributed by atoms with Crippen molar-refractivity contribution in [2.75, 3.05) is 0 Å². The first-order chi connectivity index (χ1) is 7.38. The first kappa shape index (κ1) is 11.2. The highest BCUT2D eigenvalue weighted by Gasteiger charge is 2.53. The molecule has 1 aliphatic rings. The van der Waals surface area contributed by atoms with Crippen molar-refractivity contribution in [2.24, 2.45) is 0 Å². The summed E-state index contributed by atoms with van der Waals surface area (Å²) in [6, 6.07) is 7.95. The molecule has 1 fully saturated rings. The number of benzene rings is 1. The van der Waals surface area contributed by atoms with Gasteiger partial charge >= 0.3 is 5.97 Å². The molecule has 2 heteroatoms. The van der Waals surface area contributed by atoms with Crippen molar-refractivity contribution in [3.63, 3.8) is 0 Å². The molecule has 16 heavy (non-hydrogen) atoms. The van der Waals surface area contributed by atoms with Crippen LogP contribution in [0.2, 0.25) is 0 Å². The SMILES string of the molecule is CC(C)(C)c1ccccc1C1(C(=O)O)CC1. The van der Waals surface area contributed by atoms with Crippen LogP contribution in [-0.4, -0.2) is 11.1 Å². The van der Waals surface area contributed by atoms with Crippen LogP contribution in [0.15, 0.2) is 24.3 Å². The maximum atomic E-state index is 11.4. The Balaban J connectivity index is 2.54. The van der Waals surface area contributed by atoms with Crippen LogP contribution in [-0.2, 0) is 15.6 Å². The van der Waals surface area contributed by atoms with Crippen LogP contribution in [0.25, 0.3) is 0 Å². The Kier molecular flexibility index (Phi) is 2.33. The average molecular weight is 218 g/mol. The first-order valence-corrected chi connectivity index (χ1v) is 5.71. The molecule has 0 heterocycles. The van der Waals surface area contributed by atoms with Crippen molar-refractivity contribution in [2.45, 2.75) is 44.4 Å². The minimum Gasteiger partial charge on any atom is -0.481 e. The van der Waals surface area contributed by atoms with Gasteiger partial charge in [-0.15, -0.1) is 0 Å². The third-order valence-corrected chi connectivity index (χ3v) is 3.41. The molecule has 0 bridgehead atoms. The number of carbonyl (C=O) groups is 1. The van der Waals surface area contributed by atoms with Crippen molar-refractivity contribution in [3.05, 3.63) is 35.4 Å². The normalized spacial score (nSPS) is 18.2. The molecule has 1 aromatic carbocycles. The van der Waals surface area contributed by atoms with Gasteiger partial charge in [0.15, 0.2) is 0 Å². The molecule has 1 aliphatic carbocycles. The van der Waals surface area contributed by atoms with E-state index in [2.05, 4.69) is 26.8 Å². The van der Waals surface area contributed by atoms with Gasteiger partial charge in [-0.1, -0.05) is 45.0 Å². The fraction of sp³-hybridized carbons (Fsp3) is 0.500. The summed E-state index contributed by atoms with van der Waals surface area (Å²) in [6.45, 7) is 6.39. The molecule has 0 radical (unpaired) electrons. The number of aliphatic carboxylic acids is 1. The van der Waals surface area contributed by atoms with E-state index in [0.29, 0.717) is 0 Å². The van der Waals surface area contributed by atoms with Crippen LogP contribution in [0, 0.1) is 0 Å². The summed E-state index contributed by atoms with van der Waals surface area (Å²) in [4.78, 5) is 11.4. The molecule has 86 valence electrons. The summed E-state index contributed by atoms with van der Waals surface area (Å²) < 4.78 is 0. The number of carboxylic acids is 1. The molecule has 0 aliphatic heterocycles. The van der Waals surface area contributed by atoms with Crippen molar-refractivity contribution in [1.29, 1.82) is 0 Å².